The van der Waals surface area contributed by atoms with Gasteiger partial charge in [0.05, 0.1) is 28.5 Å². The smallest absolute Gasteiger partial charge is 0.267 e. The minimum absolute atomic E-state index is 0.00163. The summed E-state index contributed by atoms with van der Waals surface area (Å²) in [5.41, 5.74) is 0.594. The minimum atomic E-state index is -3.23. The molecular weight excluding hydrogens is 573 g/mol. The van der Waals surface area contributed by atoms with Gasteiger partial charge in [-0.05, 0) is 71.9 Å². The predicted molar refractivity (Wildman–Crippen MR) is 135 cm³/mol. The van der Waals surface area contributed by atoms with E-state index in [0.29, 0.717) is 50.1 Å². The van der Waals surface area contributed by atoms with Gasteiger partial charge in [0.1, 0.15) is 5.82 Å². The van der Waals surface area contributed by atoms with Gasteiger partial charge < -0.3 is 4.90 Å². The number of nitrogens with one attached hydrogen (secondary N) is 1. The normalized spacial score (nSPS) is 24.9. The van der Waals surface area contributed by atoms with E-state index in [4.69, 9.17) is 0 Å². The van der Waals surface area contributed by atoms with Gasteiger partial charge in [0, 0.05) is 31.1 Å². The third kappa shape index (κ3) is 5.19. The highest BCUT2D eigenvalue weighted by Gasteiger charge is 2.48. The number of likely N-dealkylation sites (tertiary alicyclic amines) is 1. The molecule has 3 fully saturated rings. The summed E-state index contributed by atoms with van der Waals surface area (Å²) < 4.78 is 73.6. The van der Waals surface area contributed by atoms with Crippen LogP contribution in [-0.2, 0) is 9.59 Å². The number of imide groups is 1. The Morgan fingerprint density at radius 1 is 0.921 bits per heavy atom. The van der Waals surface area contributed by atoms with Crippen molar-refractivity contribution >= 4 is 33.4 Å². The fourth-order valence-corrected chi connectivity index (χ4v) is 6.26. The number of amides is 2. The quantitative estimate of drug-likeness (QED) is 0.287. The van der Waals surface area contributed by atoms with Gasteiger partial charge in [-0.3, -0.25) is 19.8 Å². The lowest BCUT2D eigenvalue weighted by molar-refractivity contribution is -0.134. The Balaban J connectivity index is 1.21. The first kappa shape index (κ1) is 27.1. The van der Waals surface area contributed by atoms with Crippen molar-refractivity contribution in [2.24, 2.45) is 0 Å². The van der Waals surface area contributed by atoms with Gasteiger partial charge in [-0.25, -0.2) is 22.0 Å². The fourth-order valence-electron chi connectivity index (χ4n) is 5.95. The third-order valence-electron chi connectivity index (χ3n) is 8.00. The van der Waals surface area contributed by atoms with E-state index in [1.54, 1.807) is 17.0 Å². The van der Waals surface area contributed by atoms with E-state index >= 15 is 13.2 Å². The molecule has 2 aromatic carbocycles. The summed E-state index contributed by atoms with van der Waals surface area (Å²) in [6.07, 6.45) is 1.65. The van der Waals surface area contributed by atoms with Crippen LogP contribution in [0.4, 0.5) is 27.6 Å². The minimum Gasteiger partial charge on any atom is -0.369 e. The average Bonchev–Trinajstić information content (AvgIpc) is 2.87. The Labute approximate surface area is 225 Å². The number of hydrogen-bond acceptors (Lipinski definition) is 4. The Hall–Kier alpha value is -2.53. The van der Waals surface area contributed by atoms with Gasteiger partial charge in [0.15, 0.2) is 11.6 Å². The summed E-state index contributed by atoms with van der Waals surface area (Å²) in [6.45, 7) is 0.723. The third-order valence-corrected chi connectivity index (χ3v) is 8.62. The molecule has 5 rings (SSSR count). The molecule has 1 N–H and O–H groups in total. The zero-order valence-electron chi connectivity index (χ0n) is 20.5. The molecule has 3 aliphatic rings. The van der Waals surface area contributed by atoms with Crippen molar-refractivity contribution in [2.45, 2.75) is 55.9 Å². The van der Waals surface area contributed by atoms with Crippen LogP contribution < -0.4 is 10.2 Å². The number of carbonyl (C=O) groups is 2. The molecule has 2 atom stereocenters. The SMILES string of the molecule is O=C1CCC(c2ccc(N3CCC(N4CC[C@H](c5ccc(Br)c(F)c5F)C(F)(F)C4)CC3)c(F)c2)C(=O)N1. The zero-order chi connectivity index (χ0) is 27.2. The van der Waals surface area contributed by atoms with Crippen LogP contribution >= 0.6 is 15.9 Å². The monoisotopic (exact) mass is 599 g/mol. The maximum atomic E-state index is 15.2. The number of anilines is 1. The lowest BCUT2D eigenvalue weighted by atomic mass is 9.84. The molecule has 0 radical (unpaired) electrons. The van der Waals surface area contributed by atoms with Crippen molar-refractivity contribution in [2.75, 3.05) is 31.1 Å². The molecule has 5 nitrogen and oxygen atoms in total. The molecule has 2 aromatic rings. The summed E-state index contributed by atoms with van der Waals surface area (Å²) in [6, 6.07) is 6.99. The van der Waals surface area contributed by atoms with E-state index in [2.05, 4.69) is 21.2 Å². The van der Waals surface area contributed by atoms with Crippen LogP contribution in [0.5, 0.6) is 0 Å². The number of piperidine rings is 3. The summed E-state index contributed by atoms with van der Waals surface area (Å²) in [5.74, 6) is -8.84. The Morgan fingerprint density at radius 3 is 2.32 bits per heavy atom. The number of benzene rings is 2. The van der Waals surface area contributed by atoms with E-state index < -0.39 is 47.7 Å². The fraction of sp³-hybridized carbons (Fsp3) is 0.481. The van der Waals surface area contributed by atoms with Crippen LogP contribution in [0.25, 0.3) is 0 Å². The number of alkyl halides is 2. The lowest BCUT2D eigenvalue weighted by Crippen LogP contribution is -2.54. The summed E-state index contributed by atoms with van der Waals surface area (Å²) >= 11 is 2.88. The van der Waals surface area contributed by atoms with E-state index in [-0.39, 0.29) is 34.8 Å². The molecule has 3 saturated heterocycles. The second-order valence-electron chi connectivity index (χ2n) is 10.3. The second-order valence-corrected chi connectivity index (χ2v) is 11.1. The van der Waals surface area contributed by atoms with Crippen LogP contribution in [0.3, 0.4) is 0 Å². The van der Waals surface area contributed by atoms with Gasteiger partial charge in [-0.1, -0.05) is 12.1 Å². The summed E-state index contributed by atoms with van der Waals surface area (Å²) in [7, 11) is 0. The Kier molecular flexibility index (Phi) is 7.52. The van der Waals surface area contributed by atoms with Gasteiger partial charge in [-0.15, -0.1) is 0 Å². The lowest BCUT2D eigenvalue weighted by Gasteiger charge is -2.45. The first-order chi connectivity index (χ1) is 18.0. The number of hydrogen-bond donors (Lipinski definition) is 1. The van der Waals surface area contributed by atoms with Crippen LogP contribution in [0, 0.1) is 17.5 Å². The van der Waals surface area contributed by atoms with Crippen LogP contribution in [0.1, 0.15) is 55.1 Å². The standard InChI is InChI=1S/C27H27BrF5N3O2/c28-20-4-2-18(24(30)25(20)31)19-9-12-36(14-27(19,32)33)16-7-10-35(11-8-16)22-5-1-15(13-21(22)29)17-3-6-23(37)34-26(17)38/h1-2,4-5,13,16-17,19H,3,6-12,14H2,(H,34,37,38)/t17?,19-/m1/s1. The van der Waals surface area contributed by atoms with Gasteiger partial charge in [0.2, 0.25) is 11.8 Å². The molecule has 0 aliphatic carbocycles. The van der Waals surface area contributed by atoms with E-state index in [9.17, 15) is 18.4 Å². The largest absolute Gasteiger partial charge is 0.369 e. The summed E-state index contributed by atoms with van der Waals surface area (Å²) in [5, 5.41) is 2.28. The molecule has 0 aromatic heterocycles. The van der Waals surface area contributed by atoms with E-state index in [1.807, 2.05) is 4.90 Å². The molecule has 3 heterocycles. The number of halogens is 6. The maximum absolute atomic E-state index is 15.2. The van der Waals surface area contributed by atoms with Crippen molar-refractivity contribution in [1.82, 2.24) is 10.2 Å². The molecule has 0 saturated carbocycles. The highest BCUT2D eigenvalue weighted by atomic mass is 79.9. The number of rotatable bonds is 4. The molecular formula is C27H27BrF5N3O2. The van der Waals surface area contributed by atoms with Crippen molar-refractivity contribution in [3.63, 3.8) is 0 Å². The van der Waals surface area contributed by atoms with Gasteiger partial charge >= 0.3 is 0 Å². The van der Waals surface area contributed by atoms with Crippen molar-refractivity contribution in [3.8, 4) is 0 Å². The average molecular weight is 600 g/mol. The molecule has 1 unspecified atom stereocenters. The topological polar surface area (TPSA) is 52.7 Å². The van der Waals surface area contributed by atoms with Gasteiger partial charge in [0.25, 0.3) is 5.92 Å². The van der Waals surface area contributed by atoms with Crippen LogP contribution in [0.2, 0.25) is 0 Å². The highest BCUT2D eigenvalue weighted by molar-refractivity contribution is 9.10. The number of carbonyl (C=O) groups excluding carboxylic acids is 2. The first-order valence-electron chi connectivity index (χ1n) is 12.7. The zero-order valence-corrected chi connectivity index (χ0v) is 22.0. The van der Waals surface area contributed by atoms with Crippen molar-refractivity contribution < 1.29 is 31.5 Å². The molecule has 0 spiro atoms. The van der Waals surface area contributed by atoms with Crippen molar-refractivity contribution in [3.05, 3.63) is 63.4 Å². The summed E-state index contributed by atoms with van der Waals surface area (Å²) in [4.78, 5) is 27.1. The molecule has 11 heteroatoms. The molecule has 0 bridgehead atoms. The molecule has 204 valence electrons. The van der Waals surface area contributed by atoms with Gasteiger partial charge in [-0.2, -0.15) is 0 Å². The molecule has 38 heavy (non-hydrogen) atoms. The maximum Gasteiger partial charge on any atom is 0.267 e. The van der Waals surface area contributed by atoms with E-state index in [1.165, 1.54) is 18.2 Å². The van der Waals surface area contributed by atoms with Crippen molar-refractivity contribution in [1.29, 1.82) is 0 Å². The first-order valence-corrected chi connectivity index (χ1v) is 13.5. The van der Waals surface area contributed by atoms with E-state index in [0.717, 1.165) is 0 Å². The number of nitrogens with zero attached hydrogens (tertiary/aromatic N) is 2. The predicted octanol–water partition coefficient (Wildman–Crippen LogP) is 5.48. The second kappa shape index (κ2) is 10.6. The highest BCUT2D eigenvalue weighted by Crippen LogP contribution is 2.43. The Bertz CT molecular complexity index is 1250. The Morgan fingerprint density at radius 2 is 1.66 bits per heavy atom. The molecule has 2 amide bonds. The van der Waals surface area contributed by atoms with Crippen LogP contribution in [-0.4, -0.2) is 54.9 Å². The molecule has 3 aliphatic heterocycles. The van der Waals surface area contributed by atoms with Crippen LogP contribution in [0.15, 0.2) is 34.8 Å².